The topological polar surface area (TPSA) is 106 Å². The van der Waals surface area contributed by atoms with E-state index in [9.17, 15) is 14.7 Å². The smallest absolute Gasteiger partial charge is 0.306 e. The minimum atomic E-state index is -0.723. The Labute approximate surface area is 232 Å². The largest absolute Gasteiger partial charge is 0.481 e. The molecule has 1 aliphatic carbocycles. The van der Waals surface area contributed by atoms with Crippen LogP contribution in [-0.4, -0.2) is 44.9 Å². The first kappa shape index (κ1) is 26.7. The molecule has 4 aromatic rings. The lowest BCUT2D eigenvalue weighted by Crippen LogP contribution is -2.36. The lowest BCUT2D eigenvalue weighted by molar-refractivity contribution is -0.142. The van der Waals surface area contributed by atoms with Gasteiger partial charge in [-0.1, -0.05) is 48.7 Å². The summed E-state index contributed by atoms with van der Waals surface area (Å²) in [4.78, 5) is 29.0. The van der Waals surface area contributed by atoms with Crippen molar-refractivity contribution in [2.24, 2.45) is 5.92 Å². The van der Waals surface area contributed by atoms with Gasteiger partial charge in [0.1, 0.15) is 0 Å². The summed E-state index contributed by atoms with van der Waals surface area (Å²) >= 11 is 6.38. The number of nitrogens with zero attached hydrogens (tertiary/aromatic N) is 3. The number of benzene rings is 2. The number of aliphatic carboxylic acids is 1. The van der Waals surface area contributed by atoms with Gasteiger partial charge in [0.05, 0.1) is 36.8 Å². The molecule has 1 fully saturated rings. The Kier molecular flexibility index (Phi) is 8.12. The first-order chi connectivity index (χ1) is 18.9. The van der Waals surface area contributed by atoms with Gasteiger partial charge < -0.3 is 15.2 Å². The van der Waals surface area contributed by atoms with Crippen molar-refractivity contribution in [3.05, 3.63) is 77.1 Å². The van der Waals surface area contributed by atoms with E-state index < -0.39 is 5.97 Å². The Bertz CT molecular complexity index is 1470. The van der Waals surface area contributed by atoms with Crippen molar-refractivity contribution in [2.75, 3.05) is 7.11 Å². The van der Waals surface area contributed by atoms with Crippen molar-refractivity contribution in [3.63, 3.8) is 0 Å². The number of hydrogen-bond acceptors (Lipinski definition) is 5. The number of fused-ring (bicyclic) bond motifs is 1. The number of pyridine rings is 1. The Morgan fingerprint density at radius 1 is 1.05 bits per heavy atom. The molecular weight excluding hydrogens is 516 g/mol. The summed E-state index contributed by atoms with van der Waals surface area (Å²) in [5, 5.41) is 18.4. The summed E-state index contributed by atoms with van der Waals surface area (Å²) in [5.74, 6) is -0.635. The summed E-state index contributed by atoms with van der Waals surface area (Å²) in [7, 11) is 1.60. The predicted molar refractivity (Wildman–Crippen MR) is 150 cm³/mol. The maximum atomic E-state index is 13.5. The molecule has 202 valence electrons. The van der Waals surface area contributed by atoms with E-state index in [2.05, 4.69) is 15.4 Å². The highest BCUT2D eigenvalue weighted by atomic mass is 35.5. The van der Waals surface area contributed by atoms with Crippen LogP contribution >= 0.6 is 11.6 Å². The number of halogens is 1. The van der Waals surface area contributed by atoms with Gasteiger partial charge >= 0.3 is 5.97 Å². The second-order valence-corrected chi connectivity index (χ2v) is 10.5. The maximum Gasteiger partial charge on any atom is 0.306 e. The molecule has 0 spiro atoms. The molecule has 0 bridgehead atoms. The number of carboxylic acid groups (broad SMARTS) is 1. The highest BCUT2D eigenvalue weighted by molar-refractivity contribution is 6.32. The van der Waals surface area contributed by atoms with E-state index >= 15 is 0 Å². The van der Waals surface area contributed by atoms with E-state index in [-0.39, 0.29) is 17.9 Å². The van der Waals surface area contributed by atoms with E-state index in [1.165, 1.54) is 0 Å². The number of carbonyl (C=O) groups is 2. The first-order valence-electron chi connectivity index (χ1n) is 13.2. The molecule has 0 unspecified atom stereocenters. The number of carbonyl (C=O) groups excluding carboxylic acids is 1. The SMILES string of the molecule is COc1cc(-c2ccc(Cn3ncc4cc(Cl)cc(C(=O)NC5CCCC(C(=O)O)CCC5)c43)cc2)ccn1. The van der Waals surface area contributed by atoms with Gasteiger partial charge in [-0.15, -0.1) is 0 Å². The summed E-state index contributed by atoms with van der Waals surface area (Å²) in [6.45, 7) is 0.491. The number of ether oxygens (including phenoxy) is 1. The van der Waals surface area contributed by atoms with Crippen LogP contribution in [0.4, 0.5) is 0 Å². The fraction of sp³-hybridized carbons (Fsp3) is 0.333. The minimum absolute atomic E-state index is 0.00277. The normalized spacial score (nSPS) is 17.8. The lowest BCUT2D eigenvalue weighted by atomic mass is 9.89. The molecule has 8 nitrogen and oxygen atoms in total. The third-order valence-corrected chi connectivity index (χ3v) is 7.62. The number of rotatable bonds is 7. The number of aromatic nitrogens is 3. The molecule has 9 heteroatoms. The lowest BCUT2D eigenvalue weighted by Gasteiger charge is -2.24. The molecule has 0 saturated heterocycles. The number of nitrogens with one attached hydrogen (secondary N) is 1. The van der Waals surface area contributed by atoms with Crippen LogP contribution in [0.1, 0.15) is 54.4 Å². The Hall–Kier alpha value is -3.91. The zero-order valence-electron chi connectivity index (χ0n) is 21.8. The van der Waals surface area contributed by atoms with Gasteiger partial charge in [0.15, 0.2) is 0 Å². The van der Waals surface area contributed by atoms with E-state index in [0.29, 0.717) is 35.9 Å². The van der Waals surface area contributed by atoms with Crippen LogP contribution in [0, 0.1) is 5.92 Å². The third kappa shape index (κ3) is 6.23. The van der Waals surface area contributed by atoms with Gasteiger partial charge in [0, 0.05) is 28.7 Å². The van der Waals surface area contributed by atoms with E-state index in [4.69, 9.17) is 16.3 Å². The molecule has 0 atom stereocenters. The van der Waals surface area contributed by atoms with Crippen LogP contribution in [0.25, 0.3) is 22.0 Å². The van der Waals surface area contributed by atoms with Crippen molar-refractivity contribution in [3.8, 4) is 17.0 Å². The second-order valence-electron chi connectivity index (χ2n) is 10.0. The van der Waals surface area contributed by atoms with E-state index in [1.54, 1.807) is 25.6 Å². The number of hydrogen-bond donors (Lipinski definition) is 2. The van der Waals surface area contributed by atoms with Crippen molar-refractivity contribution >= 4 is 34.4 Å². The molecule has 39 heavy (non-hydrogen) atoms. The summed E-state index contributed by atoms with van der Waals surface area (Å²) in [5.41, 5.74) is 4.32. The first-order valence-corrected chi connectivity index (χ1v) is 13.6. The number of carboxylic acids is 1. The van der Waals surface area contributed by atoms with E-state index in [0.717, 1.165) is 53.3 Å². The molecule has 1 saturated carbocycles. The quantitative estimate of drug-likeness (QED) is 0.296. The predicted octanol–water partition coefficient (Wildman–Crippen LogP) is 5.96. The van der Waals surface area contributed by atoms with Crippen LogP contribution in [0.2, 0.25) is 5.02 Å². The molecule has 2 aromatic carbocycles. The van der Waals surface area contributed by atoms with Crippen LogP contribution < -0.4 is 10.1 Å². The Morgan fingerprint density at radius 3 is 2.49 bits per heavy atom. The highest BCUT2D eigenvalue weighted by Gasteiger charge is 2.24. The molecule has 0 radical (unpaired) electrons. The second kappa shape index (κ2) is 11.9. The highest BCUT2D eigenvalue weighted by Crippen LogP contribution is 2.28. The summed E-state index contributed by atoms with van der Waals surface area (Å²) < 4.78 is 7.07. The minimum Gasteiger partial charge on any atom is -0.481 e. The molecule has 2 heterocycles. The zero-order chi connectivity index (χ0) is 27.4. The Morgan fingerprint density at radius 2 is 1.79 bits per heavy atom. The van der Waals surface area contributed by atoms with Crippen molar-refractivity contribution < 1.29 is 19.4 Å². The van der Waals surface area contributed by atoms with Crippen LogP contribution in [0.5, 0.6) is 5.88 Å². The van der Waals surface area contributed by atoms with Crippen LogP contribution in [0.15, 0.2) is 60.9 Å². The zero-order valence-corrected chi connectivity index (χ0v) is 22.5. The summed E-state index contributed by atoms with van der Waals surface area (Å²) in [6.07, 6.45) is 7.80. The van der Waals surface area contributed by atoms with Gasteiger partial charge in [0.2, 0.25) is 5.88 Å². The van der Waals surface area contributed by atoms with Gasteiger partial charge in [-0.05, 0) is 60.6 Å². The van der Waals surface area contributed by atoms with Crippen molar-refractivity contribution in [1.29, 1.82) is 0 Å². The van der Waals surface area contributed by atoms with Gasteiger partial charge in [-0.3, -0.25) is 14.3 Å². The molecule has 2 aromatic heterocycles. The molecule has 2 N–H and O–H groups in total. The molecule has 0 aliphatic heterocycles. The molecule has 1 amide bonds. The van der Waals surface area contributed by atoms with Gasteiger partial charge in [0.25, 0.3) is 5.91 Å². The maximum absolute atomic E-state index is 13.5. The average Bonchev–Trinajstić information content (AvgIpc) is 3.31. The average molecular weight is 547 g/mol. The molecular formula is C30H31ClN4O4. The Balaban J connectivity index is 1.34. The van der Waals surface area contributed by atoms with Crippen LogP contribution in [0.3, 0.4) is 0 Å². The van der Waals surface area contributed by atoms with E-state index in [1.807, 2.05) is 47.1 Å². The number of amides is 1. The fourth-order valence-corrected chi connectivity index (χ4v) is 5.56. The van der Waals surface area contributed by atoms with Gasteiger partial charge in [-0.25, -0.2) is 4.98 Å². The van der Waals surface area contributed by atoms with Gasteiger partial charge in [-0.2, -0.15) is 5.10 Å². The molecule has 1 aliphatic rings. The van der Waals surface area contributed by atoms with Crippen molar-refractivity contribution in [2.45, 2.75) is 51.1 Å². The third-order valence-electron chi connectivity index (χ3n) is 7.40. The molecule has 5 rings (SSSR count). The fourth-order valence-electron chi connectivity index (χ4n) is 5.33. The number of methoxy groups -OCH3 is 1. The standard InChI is InChI=1S/C30H31ClN4O4/c1-39-27-15-22(12-13-32-27)20-10-8-19(9-11-20)18-35-28-23(17-33-35)14-24(31)16-26(28)29(36)34-25-6-2-4-21(30(37)38)5-3-7-25/h8-17,21,25H,2-7,18H2,1H3,(H,34,36)(H,37,38). The summed E-state index contributed by atoms with van der Waals surface area (Å²) in [6, 6.07) is 15.5. The monoisotopic (exact) mass is 546 g/mol. The van der Waals surface area contributed by atoms with Crippen molar-refractivity contribution in [1.82, 2.24) is 20.1 Å². The van der Waals surface area contributed by atoms with Crippen LogP contribution in [-0.2, 0) is 11.3 Å².